The number of nitrogens with zero attached hydrogens (tertiary/aromatic N) is 2. The Labute approximate surface area is 301 Å². The van der Waals surface area contributed by atoms with Gasteiger partial charge in [-0.2, -0.15) is 0 Å². The van der Waals surface area contributed by atoms with Crippen molar-refractivity contribution in [2.75, 3.05) is 26.3 Å². The van der Waals surface area contributed by atoms with Gasteiger partial charge in [-0.3, -0.25) is 14.4 Å². The number of nitrogens with one attached hydrogen (secondary N) is 1. The van der Waals surface area contributed by atoms with E-state index in [2.05, 4.69) is 68.6 Å². The van der Waals surface area contributed by atoms with E-state index in [-0.39, 0.29) is 49.4 Å². The molecule has 2 aliphatic heterocycles. The maximum Gasteiger partial charge on any atom is 0.252 e. The number of piperazine rings is 1. The molecule has 2 bridgehead atoms. The van der Waals surface area contributed by atoms with E-state index in [1.54, 1.807) is 0 Å². The molecule has 3 amide bonds. The maximum atomic E-state index is 14.9. The van der Waals surface area contributed by atoms with Crippen molar-refractivity contribution in [1.29, 1.82) is 0 Å². The van der Waals surface area contributed by atoms with E-state index >= 15 is 0 Å². The third-order valence-corrected chi connectivity index (χ3v) is 10.6. The van der Waals surface area contributed by atoms with Crippen LogP contribution in [0.1, 0.15) is 77.5 Å². The smallest absolute Gasteiger partial charge is 0.252 e. The van der Waals surface area contributed by atoms with Crippen molar-refractivity contribution in [2.45, 2.75) is 96.8 Å². The molecular formula is C42H52N4O5. The number of fused-ring (bicyclic) bond motifs is 2. The SMILES string of the molecule is Cc1cc(C)c(C)c(OCCc2ccc(C3=C(C(=O)N(Cc4ccccc4CCO)C4CC4)[C@H]4CN(C(=O)CCCC(N)=O)CC(C3)N4)cc2)c1. The summed E-state index contributed by atoms with van der Waals surface area (Å²) in [4.78, 5) is 43.4. The Bertz CT molecular complexity index is 1780. The summed E-state index contributed by atoms with van der Waals surface area (Å²) in [5.74, 6) is 0.517. The van der Waals surface area contributed by atoms with Crippen LogP contribution in [0.5, 0.6) is 5.75 Å². The van der Waals surface area contributed by atoms with Gasteiger partial charge in [-0.25, -0.2) is 0 Å². The number of amides is 3. The van der Waals surface area contributed by atoms with Gasteiger partial charge in [0.15, 0.2) is 0 Å². The summed E-state index contributed by atoms with van der Waals surface area (Å²) in [6.07, 6.45) is 4.70. The largest absolute Gasteiger partial charge is 0.493 e. The summed E-state index contributed by atoms with van der Waals surface area (Å²) in [5.41, 5.74) is 15.0. The number of aliphatic hydroxyl groups excluding tert-OH is 1. The van der Waals surface area contributed by atoms with Gasteiger partial charge in [0.2, 0.25) is 11.8 Å². The molecule has 2 atom stereocenters. The van der Waals surface area contributed by atoms with Crippen LogP contribution in [0.3, 0.4) is 0 Å². The number of aryl methyl sites for hydroxylation is 2. The Morgan fingerprint density at radius 3 is 2.41 bits per heavy atom. The lowest BCUT2D eigenvalue weighted by molar-refractivity contribution is -0.134. The highest BCUT2D eigenvalue weighted by molar-refractivity contribution is 6.03. The van der Waals surface area contributed by atoms with Gasteiger partial charge in [0, 0.05) is 63.2 Å². The number of benzene rings is 3. The Kier molecular flexibility index (Phi) is 11.6. The Hall–Kier alpha value is -4.47. The summed E-state index contributed by atoms with van der Waals surface area (Å²) in [6.45, 7) is 8.32. The van der Waals surface area contributed by atoms with Crippen LogP contribution >= 0.6 is 0 Å². The van der Waals surface area contributed by atoms with E-state index in [1.165, 1.54) is 16.7 Å². The molecule has 9 heteroatoms. The molecule has 2 fully saturated rings. The first-order valence-electron chi connectivity index (χ1n) is 18.4. The van der Waals surface area contributed by atoms with E-state index in [1.807, 2.05) is 28.0 Å². The van der Waals surface area contributed by atoms with E-state index < -0.39 is 5.91 Å². The minimum absolute atomic E-state index is 0.00384. The second-order valence-electron chi connectivity index (χ2n) is 14.5. The summed E-state index contributed by atoms with van der Waals surface area (Å²) in [6, 6.07) is 20.7. The minimum atomic E-state index is -0.406. The molecule has 270 valence electrons. The molecule has 2 heterocycles. The van der Waals surface area contributed by atoms with Crippen molar-refractivity contribution < 1.29 is 24.2 Å². The predicted octanol–water partition coefficient (Wildman–Crippen LogP) is 4.94. The van der Waals surface area contributed by atoms with E-state index in [4.69, 9.17) is 10.5 Å². The van der Waals surface area contributed by atoms with E-state index in [9.17, 15) is 19.5 Å². The van der Waals surface area contributed by atoms with Gasteiger partial charge in [-0.15, -0.1) is 0 Å². The van der Waals surface area contributed by atoms with Crippen molar-refractivity contribution in [3.63, 3.8) is 0 Å². The fourth-order valence-electron chi connectivity index (χ4n) is 7.61. The molecule has 3 aromatic rings. The number of nitrogens with two attached hydrogens (primary N) is 1. The van der Waals surface area contributed by atoms with Crippen LogP contribution in [-0.4, -0.2) is 77.1 Å². The number of aliphatic hydroxyl groups is 1. The van der Waals surface area contributed by atoms with Gasteiger partial charge in [0.25, 0.3) is 5.91 Å². The third kappa shape index (κ3) is 8.89. The zero-order valence-corrected chi connectivity index (χ0v) is 30.2. The monoisotopic (exact) mass is 692 g/mol. The zero-order chi connectivity index (χ0) is 36.1. The lowest BCUT2D eigenvalue weighted by Crippen LogP contribution is -2.62. The number of carbonyl (C=O) groups excluding carboxylic acids is 3. The molecule has 0 aromatic heterocycles. The second-order valence-corrected chi connectivity index (χ2v) is 14.5. The van der Waals surface area contributed by atoms with Gasteiger partial charge in [-0.1, -0.05) is 54.6 Å². The molecule has 6 rings (SSSR count). The first-order chi connectivity index (χ1) is 24.6. The van der Waals surface area contributed by atoms with Crippen LogP contribution in [0, 0.1) is 20.8 Å². The number of hydrogen-bond acceptors (Lipinski definition) is 6. The normalized spacial score (nSPS) is 18.5. The molecule has 3 aromatic carbocycles. The Morgan fingerprint density at radius 2 is 1.71 bits per heavy atom. The summed E-state index contributed by atoms with van der Waals surface area (Å²) in [5, 5.41) is 13.4. The highest BCUT2D eigenvalue weighted by atomic mass is 16.5. The number of rotatable bonds is 15. The second kappa shape index (κ2) is 16.3. The molecule has 1 saturated heterocycles. The highest BCUT2D eigenvalue weighted by Crippen LogP contribution is 2.38. The van der Waals surface area contributed by atoms with E-state index in [0.717, 1.165) is 58.4 Å². The molecule has 1 aliphatic carbocycles. The summed E-state index contributed by atoms with van der Waals surface area (Å²) in [7, 11) is 0. The van der Waals surface area contributed by atoms with Gasteiger partial charge in [0.05, 0.1) is 12.6 Å². The van der Waals surface area contributed by atoms with Gasteiger partial charge in [0.1, 0.15) is 5.75 Å². The standard InChI is InChI=1S/C42H52N4O5/c1-27-21-28(2)29(3)38(22-27)51-20-18-30-11-13-32(14-12-30)36-23-34-25-45(40(49)10-6-9-39(43)48)26-37(44-34)41(36)42(50)46(35-15-16-35)24-33-8-5-4-7-31(33)17-19-47/h4-5,7-8,11-14,21-22,34-35,37,44,47H,6,9-10,15-20,23-26H2,1-3H3,(H2,43,48)/t34?,37-/m1/s1. The molecule has 1 saturated carbocycles. The van der Waals surface area contributed by atoms with E-state index in [0.29, 0.717) is 45.5 Å². The molecular weight excluding hydrogens is 640 g/mol. The van der Waals surface area contributed by atoms with Crippen LogP contribution in [0.2, 0.25) is 0 Å². The zero-order valence-electron chi connectivity index (χ0n) is 30.2. The van der Waals surface area contributed by atoms with Crippen molar-refractivity contribution in [3.05, 3.63) is 105 Å². The fourth-order valence-corrected chi connectivity index (χ4v) is 7.61. The van der Waals surface area contributed by atoms with Crippen molar-refractivity contribution >= 4 is 23.3 Å². The van der Waals surface area contributed by atoms with Gasteiger partial charge < -0.3 is 30.7 Å². The Morgan fingerprint density at radius 1 is 0.961 bits per heavy atom. The number of ether oxygens (including phenoxy) is 1. The lowest BCUT2D eigenvalue weighted by atomic mass is 9.82. The van der Waals surface area contributed by atoms with Crippen LogP contribution in [0.4, 0.5) is 0 Å². The third-order valence-electron chi connectivity index (χ3n) is 10.6. The van der Waals surface area contributed by atoms with Crippen LogP contribution in [0.15, 0.2) is 66.2 Å². The van der Waals surface area contributed by atoms with Crippen LogP contribution in [-0.2, 0) is 33.8 Å². The maximum absolute atomic E-state index is 14.9. The van der Waals surface area contributed by atoms with Crippen LogP contribution < -0.4 is 15.8 Å². The van der Waals surface area contributed by atoms with Crippen molar-refractivity contribution in [2.24, 2.45) is 5.73 Å². The summed E-state index contributed by atoms with van der Waals surface area (Å²) >= 11 is 0. The minimum Gasteiger partial charge on any atom is -0.493 e. The molecule has 9 nitrogen and oxygen atoms in total. The average molecular weight is 693 g/mol. The molecule has 51 heavy (non-hydrogen) atoms. The first-order valence-corrected chi connectivity index (χ1v) is 18.4. The molecule has 3 aliphatic rings. The van der Waals surface area contributed by atoms with Gasteiger partial charge in [-0.05, 0) is 103 Å². The van der Waals surface area contributed by atoms with Crippen molar-refractivity contribution in [1.82, 2.24) is 15.1 Å². The highest BCUT2D eigenvalue weighted by Gasteiger charge is 2.43. The number of carbonyl (C=O) groups is 3. The number of hydrogen-bond donors (Lipinski definition) is 3. The first kappa shape index (κ1) is 36.3. The predicted molar refractivity (Wildman–Crippen MR) is 199 cm³/mol. The van der Waals surface area contributed by atoms with Crippen LogP contribution in [0.25, 0.3) is 5.57 Å². The van der Waals surface area contributed by atoms with Crippen molar-refractivity contribution in [3.8, 4) is 5.75 Å². The topological polar surface area (TPSA) is 125 Å². The quantitative estimate of drug-likeness (QED) is 0.207. The Balaban J connectivity index is 1.26. The molecule has 0 spiro atoms. The molecule has 4 N–H and O–H groups in total. The van der Waals surface area contributed by atoms with Gasteiger partial charge >= 0.3 is 0 Å². The average Bonchev–Trinajstić information content (AvgIpc) is 3.95. The summed E-state index contributed by atoms with van der Waals surface area (Å²) < 4.78 is 6.20. The fraction of sp³-hybridized carbons (Fsp3) is 0.452. The molecule has 0 radical (unpaired) electrons. The lowest BCUT2D eigenvalue weighted by Gasteiger charge is -2.45. The molecule has 1 unspecified atom stereocenters. The number of primary amides is 1.